The van der Waals surface area contributed by atoms with Crippen LogP contribution in [0.15, 0.2) is 3.79 Å². The summed E-state index contributed by atoms with van der Waals surface area (Å²) in [5, 5.41) is 0.527. The van der Waals surface area contributed by atoms with Gasteiger partial charge in [-0.3, -0.25) is 4.79 Å². The van der Waals surface area contributed by atoms with Gasteiger partial charge in [-0.15, -0.1) is 11.3 Å². The monoisotopic (exact) mass is 205 g/mol. The Labute approximate surface area is 65.1 Å². The molecule has 0 N–H and O–H groups in total. The summed E-state index contributed by atoms with van der Waals surface area (Å²) in [5.41, 5.74) is 0.877. The second-order valence-corrected chi connectivity index (χ2v) is 3.88. The number of nitrogens with zero attached hydrogens (tertiary/aromatic N) is 1. The second kappa shape index (κ2) is 2.58. The van der Waals surface area contributed by atoms with Gasteiger partial charge in [-0.1, -0.05) is 0 Å². The minimum Gasteiger partial charge on any atom is -0.295 e. The van der Waals surface area contributed by atoms with E-state index < -0.39 is 0 Å². The third kappa shape index (κ3) is 1.37. The minimum absolute atomic E-state index is 0.527. The molecule has 0 atom stereocenters. The zero-order chi connectivity index (χ0) is 6.85. The first-order chi connectivity index (χ1) is 4.24. The van der Waals surface area contributed by atoms with Crippen molar-refractivity contribution in [2.45, 2.75) is 6.92 Å². The quantitative estimate of drug-likeness (QED) is 0.658. The molecular formula is C5H4BrNOS. The van der Waals surface area contributed by atoms with E-state index in [0.717, 1.165) is 15.8 Å². The maximum absolute atomic E-state index is 10.1. The molecule has 0 saturated heterocycles. The van der Waals surface area contributed by atoms with E-state index in [1.807, 2.05) is 6.92 Å². The molecule has 1 heterocycles. The fourth-order valence-electron chi connectivity index (χ4n) is 0.448. The van der Waals surface area contributed by atoms with E-state index in [1.165, 1.54) is 11.3 Å². The first-order valence-corrected chi connectivity index (χ1v) is 3.93. The highest BCUT2D eigenvalue weighted by molar-refractivity contribution is 9.11. The summed E-state index contributed by atoms with van der Waals surface area (Å²) < 4.78 is 0.935. The molecule has 0 spiro atoms. The summed E-state index contributed by atoms with van der Waals surface area (Å²) in [6.45, 7) is 1.85. The van der Waals surface area contributed by atoms with Crippen molar-refractivity contribution in [2.75, 3.05) is 0 Å². The van der Waals surface area contributed by atoms with Crippen molar-refractivity contribution in [2.24, 2.45) is 0 Å². The third-order valence-electron chi connectivity index (χ3n) is 0.857. The minimum atomic E-state index is 0.527. The normalized spacial score (nSPS) is 9.56. The molecule has 2 nitrogen and oxygen atoms in total. The first kappa shape index (κ1) is 6.89. The van der Waals surface area contributed by atoms with Crippen LogP contribution in [-0.4, -0.2) is 11.3 Å². The Morgan fingerprint density at radius 3 is 2.67 bits per heavy atom. The third-order valence-corrected chi connectivity index (χ3v) is 2.79. The molecule has 0 fully saturated rings. The number of halogens is 1. The van der Waals surface area contributed by atoms with Gasteiger partial charge in [0.2, 0.25) is 0 Å². The summed E-state index contributed by atoms with van der Waals surface area (Å²) in [7, 11) is 0. The molecule has 0 unspecified atom stereocenters. The Bertz CT molecular complexity index is 213. The molecule has 0 amide bonds. The number of rotatable bonds is 1. The van der Waals surface area contributed by atoms with Crippen LogP contribution in [0.4, 0.5) is 0 Å². The first-order valence-electron chi connectivity index (χ1n) is 2.32. The van der Waals surface area contributed by atoms with Gasteiger partial charge in [0.15, 0.2) is 11.3 Å². The number of aromatic nitrogens is 1. The van der Waals surface area contributed by atoms with Gasteiger partial charge >= 0.3 is 0 Å². The van der Waals surface area contributed by atoms with E-state index in [-0.39, 0.29) is 0 Å². The van der Waals surface area contributed by atoms with E-state index in [2.05, 4.69) is 20.9 Å². The van der Waals surface area contributed by atoms with Gasteiger partial charge in [0.1, 0.15) is 0 Å². The van der Waals surface area contributed by atoms with Crippen LogP contribution in [0.2, 0.25) is 0 Å². The van der Waals surface area contributed by atoms with Gasteiger partial charge in [-0.05, 0) is 22.9 Å². The zero-order valence-electron chi connectivity index (χ0n) is 4.72. The molecule has 0 saturated carbocycles. The number of carbonyl (C=O) groups is 1. The average Bonchev–Trinajstić information content (AvgIpc) is 2.13. The van der Waals surface area contributed by atoms with Crippen molar-refractivity contribution in [3.8, 4) is 0 Å². The number of hydrogen-bond acceptors (Lipinski definition) is 3. The molecule has 0 aliphatic carbocycles. The Kier molecular flexibility index (Phi) is 1.97. The molecule has 0 radical (unpaired) electrons. The number of hydrogen-bond donors (Lipinski definition) is 0. The molecule has 4 heteroatoms. The van der Waals surface area contributed by atoms with Crippen LogP contribution >= 0.6 is 27.3 Å². The summed E-state index contributed by atoms with van der Waals surface area (Å²) in [6, 6.07) is 0. The van der Waals surface area contributed by atoms with Crippen molar-refractivity contribution in [1.29, 1.82) is 0 Å². The van der Waals surface area contributed by atoms with Crippen molar-refractivity contribution >= 4 is 33.6 Å². The smallest absolute Gasteiger partial charge is 0.178 e. The van der Waals surface area contributed by atoms with E-state index >= 15 is 0 Å². The van der Waals surface area contributed by atoms with Crippen molar-refractivity contribution < 1.29 is 4.79 Å². The Morgan fingerprint density at radius 2 is 2.44 bits per heavy atom. The van der Waals surface area contributed by atoms with Crippen LogP contribution in [0.3, 0.4) is 0 Å². The van der Waals surface area contributed by atoms with Gasteiger partial charge in [-0.2, -0.15) is 0 Å². The second-order valence-electron chi connectivity index (χ2n) is 1.53. The highest BCUT2D eigenvalue weighted by Crippen LogP contribution is 2.22. The van der Waals surface area contributed by atoms with E-state index in [9.17, 15) is 4.79 Å². The van der Waals surface area contributed by atoms with Gasteiger partial charge in [0, 0.05) is 0 Å². The highest BCUT2D eigenvalue weighted by Gasteiger charge is 2.01. The molecule has 0 aliphatic heterocycles. The number of aryl methyl sites for hydroxylation is 1. The lowest BCUT2D eigenvalue weighted by atomic mass is 10.6. The molecular weight excluding hydrogens is 202 g/mol. The van der Waals surface area contributed by atoms with Gasteiger partial charge in [-0.25, -0.2) is 4.98 Å². The fourth-order valence-corrected chi connectivity index (χ4v) is 1.64. The van der Waals surface area contributed by atoms with Gasteiger partial charge < -0.3 is 0 Å². The van der Waals surface area contributed by atoms with Crippen molar-refractivity contribution in [1.82, 2.24) is 4.98 Å². The topological polar surface area (TPSA) is 30.0 Å². The lowest BCUT2D eigenvalue weighted by Gasteiger charge is -1.75. The maximum Gasteiger partial charge on any atom is 0.178 e. The maximum atomic E-state index is 10.1. The van der Waals surface area contributed by atoms with Crippen LogP contribution < -0.4 is 0 Å². The van der Waals surface area contributed by atoms with E-state index in [0.29, 0.717) is 5.01 Å². The van der Waals surface area contributed by atoms with Gasteiger partial charge in [0.25, 0.3) is 0 Å². The van der Waals surface area contributed by atoms with Crippen LogP contribution in [-0.2, 0) is 0 Å². The Morgan fingerprint density at radius 1 is 1.78 bits per heavy atom. The molecule has 0 aliphatic rings. The highest BCUT2D eigenvalue weighted by atomic mass is 79.9. The predicted molar refractivity (Wildman–Crippen MR) is 39.9 cm³/mol. The fraction of sp³-hybridized carbons (Fsp3) is 0.200. The van der Waals surface area contributed by atoms with Crippen LogP contribution in [0.5, 0.6) is 0 Å². The summed E-state index contributed by atoms with van der Waals surface area (Å²) >= 11 is 4.61. The molecule has 1 rings (SSSR count). The Hall–Kier alpha value is -0.220. The van der Waals surface area contributed by atoms with E-state index in [4.69, 9.17) is 0 Å². The molecule has 1 aromatic rings. The summed E-state index contributed by atoms with van der Waals surface area (Å²) in [6.07, 6.45) is 0.752. The summed E-state index contributed by atoms with van der Waals surface area (Å²) in [5.74, 6) is 0. The molecule has 0 bridgehead atoms. The number of aldehydes is 1. The number of thiazole rings is 1. The number of carbonyl (C=O) groups excluding carboxylic acids is 1. The summed E-state index contributed by atoms with van der Waals surface area (Å²) in [4.78, 5) is 14.0. The van der Waals surface area contributed by atoms with E-state index in [1.54, 1.807) is 0 Å². The molecule has 0 aromatic carbocycles. The van der Waals surface area contributed by atoms with Crippen LogP contribution in [0, 0.1) is 6.92 Å². The zero-order valence-corrected chi connectivity index (χ0v) is 7.12. The average molecular weight is 206 g/mol. The lowest BCUT2D eigenvalue weighted by molar-refractivity contribution is 0.112. The van der Waals surface area contributed by atoms with Crippen LogP contribution in [0.25, 0.3) is 0 Å². The SMILES string of the molecule is Cc1nc(C=O)sc1Br. The molecule has 9 heavy (non-hydrogen) atoms. The Balaban J connectivity index is 3.11. The standard InChI is InChI=1S/C5H4BrNOS/c1-3-5(6)9-4(2-8)7-3/h2H,1H3. The van der Waals surface area contributed by atoms with Crippen LogP contribution in [0.1, 0.15) is 15.5 Å². The predicted octanol–water partition coefficient (Wildman–Crippen LogP) is 2.03. The molecule has 48 valence electrons. The van der Waals surface area contributed by atoms with Crippen molar-refractivity contribution in [3.63, 3.8) is 0 Å². The lowest BCUT2D eigenvalue weighted by Crippen LogP contribution is -1.75. The largest absolute Gasteiger partial charge is 0.295 e. The molecule has 1 aromatic heterocycles. The van der Waals surface area contributed by atoms with Crippen molar-refractivity contribution in [3.05, 3.63) is 14.5 Å². The van der Waals surface area contributed by atoms with Gasteiger partial charge in [0.05, 0.1) is 9.48 Å².